The van der Waals surface area contributed by atoms with Gasteiger partial charge >= 0.3 is 0 Å². The summed E-state index contributed by atoms with van der Waals surface area (Å²) >= 11 is 0. The highest BCUT2D eigenvalue weighted by molar-refractivity contribution is 6.03. The van der Waals surface area contributed by atoms with Crippen molar-refractivity contribution >= 4 is 22.9 Å². The van der Waals surface area contributed by atoms with Gasteiger partial charge in [-0.15, -0.1) is 0 Å². The monoisotopic (exact) mass is 370 g/mol. The molecule has 0 bridgehead atoms. The number of aromatic nitrogens is 2. The van der Waals surface area contributed by atoms with Crippen LogP contribution in [-0.4, -0.2) is 27.4 Å². The van der Waals surface area contributed by atoms with Gasteiger partial charge in [0.2, 0.25) is 0 Å². The summed E-state index contributed by atoms with van der Waals surface area (Å²) in [4.78, 5) is 12.5. The van der Waals surface area contributed by atoms with Crippen molar-refractivity contribution < 1.29 is 9.90 Å². The number of rotatable bonds is 4. The van der Waals surface area contributed by atoms with E-state index in [-0.39, 0.29) is 5.75 Å². The molecule has 28 heavy (non-hydrogen) atoms. The van der Waals surface area contributed by atoms with Crippen molar-refractivity contribution in [2.24, 2.45) is 5.10 Å². The Labute approximate surface area is 161 Å². The predicted octanol–water partition coefficient (Wildman–Crippen LogP) is 4.01. The van der Waals surface area contributed by atoms with Crippen LogP contribution >= 0.6 is 0 Å². The highest BCUT2D eigenvalue weighted by Crippen LogP contribution is 2.25. The number of hydrogen-bond acceptors (Lipinski definition) is 4. The molecule has 1 amide bonds. The maximum absolute atomic E-state index is 12.5. The van der Waals surface area contributed by atoms with Crippen LogP contribution in [0.2, 0.25) is 0 Å². The topological polar surface area (TPSA) is 90.4 Å². The Kier molecular flexibility index (Phi) is 4.60. The van der Waals surface area contributed by atoms with Gasteiger partial charge in [0.15, 0.2) is 0 Å². The van der Waals surface area contributed by atoms with E-state index >= 15 is 0 Å². The van der Waals surface area contributed by atoms with E-state index in [1.165, 1.54) is 6.21 Å². The van der Waals surface area contributed by atoms with Crippen LogP contribution in [-0.2, 0) is 0 Å². The van der Waals surface area contributed by atoms with E-state index in [1.807, 2.05) is 67.6 Å². The zero-order chi connectivity index (χ0) is 19.5. The molecule has 0 spiro atoms. The van der Waals surface area contributed by atoms with Gasteiger partial charge in [0.1, 0.15) is 11.4 Å². The molecular formula is C22H18N4O2. The molecule has 1 aromatic heterocycles. The number of aromatic hydroxyl groups is 1. The van der Waals surface area contributed by atoms with Crippen molar-refractivity contribution in [3.8, 4) is 17.0 Å². The van der Waals surface area contributed by atoms with E-state index in [2.05, 4.69) is 20.7 Å². The van der Waals surface area contributed by atoms with Crippen LogP contribution < -0.4 is 5.43 Å². The third-order valence-electron chi connectivity index (χ3n) is 4.59. The van der Waals surface area contributed by atoms with E-state index < -0.39 is 5.91 Å². The van der Waals surface area contributed by atoms with Crippen LogP contribution in [0.4, 0.5) is 0 Å². The number of benzene rings is 3. The smallest absolute Gasteiger partial charge is 0.289 e. The maximum atomic E-state index is 12.5. The lowest BCUT2D eigenvalue weighted by Crippen LogP contribution is -2.19. The molecule has 0 saturated carbocycles. The summed E-state index contributed by atoms with van der Waals surface area (Å²) in [5.74, 6) is -0.302. The number of phenols is 1. The first-order valence-corrected chi connectivity index (χ1v) is 8.79. The molecule has 4 aromatic rings. The fraction of sp³-hybridized carbons (Fsp3) is 0.0455. The predicted molar refractivity (Wildman–Crippen MR) is 109 cm³/mol. The normalized spacial score (nSPS) is 11.2. The second kappa shape index (κ2) is 7.36. The summed E-state index contributed by atoms with van der Waals surface area (Å²) in [5.41, 5.74) is 5.78. The number of fused-ring (bicyclic) bond motifs is 1. The highest BCUT2D eigenvalue weighted by Gasteiger charge is 2.16. The van der Waals surface area contributed by atoms with Crippen molar-refractivity contribution in [2.45, 2.75) is 6.92 Å². The second-order valence-electron chi connectivity index (χ2n) is 6.36. The van der Waals surface area contributed by atoms with Gasteiger partial charge in [-0.05, 0) is 23.8 Å². The number of nitrogens with one attached hydrogen (secondary N) is 2. The Morgan fingerprint density at radius 1 is 1.07 bits per heavy atom. The van der Waals surface area contributed by atoms with Crippen LogP contribution in [0.3, 0.4) is 0 Å². The van der Waals surface area contributed by atoms with Gasteiger partial charge in [-0.3, -0.25) is 9.89 Å². The molecule has 0 unspecified atom stereocenters. The molecule has 4 rings (SSSR count). The number of H-pyrrole nitrogens is 1. The fourth-order valence-electron chi connectivity index (χ4n) is 3.13. The van der Waals surface area contributed by atoms with Gasteiger partial charge in [-0.1, -0.05) is 60.7 Å². The van der Waals surface area contributed by atoms with Crippen LogP contribution in [0.15, 0.2) is 71.8 Å². The van der Waals surface area contributed by atoms with Gasteiger partial charge in [-0.25, -0.2) is 5.43 Å². The molecule has 1 heterocycles. The first-order chi connectivity index (χ1) is 13.6. The highest BCUT2D eigenvalue weighted by atomic mass is 16.3. The number of carbonyl (C=O) groups excluding carboxylic acids is 1. The number of hydrogen-bond donors (Lipinski definition) is 3. The van der Waals surface area contributed by atoms with E-state index in [4.69, 9.17) is 0 Å². The van der Waals surface area contributed by atoms with Gasteiger partial charge in [0, 0.05) is 16.7 Å². The number of carbonyl (C=O) groups is 1. The summed E-state index contributed by atoms with van der Waals surface area (Å²) in [6, 6.07) is 20.7. The maximum Gasteiger partial charge on any atom is 0.289 e. The lowest BCUT2D eigenvalue weighted by molar-refractivity contribution is 0.0949. The van der Waals surface area contributed by atoms with Crippen LogP contribution in [0.25, 0.3) is 22.0 Å². The number of nitrogens with zero attached hydrogens (tertiary/aromatic N) is 2. The van der Waals surface area contributed by atoms with E-state index in [1.54, 1.807) is 6.07 Å². The molecule has 0 radical (unpaired) electrons. The summed E-state index contributed by atoms with van der Waals surface area (Å²) in [7, 11) is 0. The Morgan fingerprint density at radius 3 is 2.64 bits per heavy atom. The largest absolute Gasteiger partial charge is 0.507 e. The molecule has 6 nitrogen and oxygen atoms in total. The van der Waals surface area contributed by atoms with Gasteiger partial charge < -0.3 is 5.11 Å². The van der Waals surface area contributed by atoms with Gasteiger partial charge in [-0.2, -0.15) is 10.2 Å². The molecule has 0 aliphatic carbocycles. The molecule has 6 heteroatoms. The second-order valence-corrected chi connectivity index (χ2v) is 6.36. The molecule has 0 aliphatic rings. The third-order valence-corrected chi connectivity index (χ3v) is 4.59. The number of aromatic amines is 1. The van der Waals surface area contributed by atoms with E-state index in [0.717, 1.165) is 27.6 Å². The summed E-state index contributed by atoms with van der Waals surface area (Å²) in [5, 5.41) is 23.0. The minimum absolute atomic E-state index is 0.0979. The van der Waals surface area contributed by atoms with E-state index in [9.17, 15) is 9.90 Å². The molecule has 0 saturated heterocycles. The first kappa shape index (κ1) is 17.5. The lowest BCUT2D eigenvalue weighted by atomic mass is 10.0. The number of phenolic OH excluding ortho intramolecular Hbond substituents is 1. The first-order valence-electron chi connectivity index (χ1n) is 8.79. The molecule has 138 valence electrons. The Balaban J connectivity index is 1.56. The average molecular weight is 370 g/mol. The minimum Gasteiger partial charge on any atom is -0.507 e. The quantitative estimate of drug-likeness (QED) is 0.374. The zero-order valence-electron chi connectivity index (χ0n) is 15.2. The summed E-state index contributed by atoms with van der Waals surface area (Å²) in [6.07, 6.45) is 1.44. The number of amides is 1. The average Bonchev–Trinajstić information content (AvgIpc) is 3.11. The standard InChI is InChI=1S/C22H18N4O2/c1-14-20(16-8-3-2-4-9-16)24-25-21(14)22(28)26-23-13-18-17-10-6-5-7-15(17)11-12-19(18)27/h2-13,27H,1H3,(H,24,25)(H,26,28). The summed E-state index contributed by atoms with van der Waals surface area (Å²) < 4.78 is 0. The lowest BCUT2D eigenvalue weighted by Gasteiger charge is -2.05. The van der Waals surface area contributed by atoms with Gasteiger partial charge in [0.05, 0.1) is 11.9 Å². The van der Waals surface area contributed by atoms with Gasteiger partial charge in [0.25, 0.3) is 5.91 Å². The molecular weight excluding hydrogens is 352 g/mol. The van der Waals surface area contributed by atoms with Crippen molar-refractivity contribution in [1.29, 1.82) is 0 Å². The SMILES string of the molecule is Cc1c(-c2ccccc2)n[nH]c1C(=O)NN=Cc1c(O)ccc2ccccc12. The zero-order valence-corrected chi connectivity index (χ0v) is 15.2. The molecule has 0 aliphatic heterocycles. The Morgan fingerprint density at radius 2 is 1.82 bits per heavy atom. The molecule has 3 aromatic carbocycles. The summed E-state index contributed by atoms with van der Waals surface area (Å²) in [6.45, 7) is 1.83. The molecule has 0 atom stereocenters. The van der Waals surface area contributed by atoms with Crippen LogP contribution in [0.5, 0.6) is 5.75 Å². The fourth-order valence-corrected chi connectivity index (χ4v) is 3.13. The molecule has 0 fully saturated rings. The van der Waals surface area contributed by atoms with Crippen LogP contribution in [0, 0.1) is 6.92 Å². The Bertz CT molecular complexity index is 1180. The van der Waals surface area contributed by atoms with Crippen molar-refractivity contribution in [3.63, 3.8) is 0 Å². The molecule has 3 N–H and O–H groups in total. The van der Waals surface area contributed by atoms with Crippen molar-refractivity contribution in [2.75, 3.05) is 0 Å². The minimum atomic E-state index is -0.400. The van der Waals surface area contributed by atoms with Crippen molar-refractivity contribution in [3.05, 3.63) is 83.6 Å². The van der Waals surface area contributed by atoms with Crippen molar-refractivity contribution in [1.82, 2.24) is 15.6 Å². The Hall–Kier alpha value is -3.93. The third kappa shape index (κ3) is 3.23. The number of hydrazone groups is 1. The van der Waals surface area contributed by atoms with E-state index in [0.29, 0.717) is 11.3 Å². The van der Waals surface area contributed by atoms with Crippen LogP contribution in [0.1, 0.15) is 21.6 Å².